The molecule has 0 saturated carbocycles. The Morgan fingerprint density at radius 3 is 2.45 bits per heavy atom. The zero-order valence-corrected chi connectivity index (χ0v) is 14.7. The van der Waals surface area contributed by atoms with Gasteiger partial charge in [-0.25, -0.2) is 0 Å². The largest absolute Gasteiger partial charge is 0.494 e. The molecule has 0 bridgehead atoms. The van der Waals surface area contributed by atoms with Crippen LogP contribution in [0.15, 0.2) is 45.3 Å². The highest BCUT2D eigenvalue weighted by atomic mass is 79.9. The number of ether oxygens (including phenoxy) is 1. The van der Waals surface area contributed by atoms with Gasteiger partial charge in [-0.3, -0.25) is 0 Å². The second-order valence-corrected chi connectivity index (χ2v) is 6.33. The van der Waals surface area contributed by atoms with E-state index in [4.69, 9.17) is 4.74 Å². The highest BCUT2D eigenvalue weighted by Crippen LogP contribution is 2.26. The van der Waals surface area contributed by atoms with Crippen LogP contribution in [-0.2, 0) is 6.54 Å². The smallest absolute Gasteiger partial charge is 0.124 e. The van der Waals surface area contributed by atoms with Gasteiger partial charge in [-0.1, -0.05) is 31.9 Å². The van der Waals surface area contributed by atoms with E-state index in [1.54, 1.807) is 0 Å². The summed E-state index contributed by atoms with van der Waals surface area (Å²) in [5, 5.41) is 3.46. The molecule has 0 aromatic heterocycles. The molecule has 1 N–H and O–H groups in total. The van der Waals surface area contributed by atoms with Crippen molar-refractivity contribution in [1.29, 1.82) is 0 Å². The quantitative estimate of drug-likeness (QED) is 0.714. The SMILES string of the molecule is CCOc1ccc(Br)cc1CNc1ccc(Br)cc1C. The van der Waals surface area contributed by atoms with Crippen molar-refractivity contribution in [3.05, 3.63) is 56.5 Å². The van der Waals surface area contributed by atoms with Crippen molar-refractivity contribution in [2.75, 3.05) is 11.9 Å². The van der Waals surface area contributed by atoms with Gasteiger partial charge in [-0.2, -0.15) is 0 Å². The topological polar surface area (TPSA) is 21.3 Å². The third-order valence-corrected chi connectivity index (χ3v) is 3.97. The first-order valence-electron chi connectivity index (χ1n) is 6.51. The summed E-state index contributed by atoms with van der Waals surface area (Å²) in [5.74, 6) is 0.929. The summed E-state index contributed by atoms with van der Waals surface area (Å²) in [6.07, 6.45) is 0. The first kappa shape index (κ1) is 15.4. The average molecular weight is 399 g/mol. The summed E-state index contributed by atoms with van der Waals surface area (Å²) < 4.78 is 7.82. The van der Waals surface area contributed by atoms with Crippen LogP contribution in [0.3, 0.4) is 0 Å². The number of hydrogen-bond donors (Lipinski definition) is 1. The Kier molecular flexibility index (Phi) is 5.49. The van der Waals surface area contributed by atoms with Gasteiger partial charge in [-0.05, 0) is 55.8 Å². The van der Waals surface area contributed by atoms with Crippen molar-refractivity contribution in [3.8, 4) is 5.75 Å². The molecule has 106 valence electrons. The van der Waals surface area contributed by atoms with E-state index in [1.807, 2.05) is 25.1 Å². The van der Waals surface area contributed by atoms with Crippen LogP contribution in [0.5, 0.6) is 5.75 Å². The maximum Gasteiger partial charge on any atom is 0.124 e. The maximum absolute atomic E-state index is 5.66. The monoisotopic (exact) mass is 397 g/mol. The number of nitrogens with one attached hydrogen (secondary N) is 1. The van der Waals surface area contributed by atoms with E-state index < -0.39 is 0 Å². The highest BCUT2D eigenvalue weighted by Gasteiger charge is 2.05. The van der Waals surface area contributed by atoms with Gasteiger partial charge in [0.2, 0.25) is 0 Å². The molecule has 2 aromatic carbocycles. The zero-order chi connectivity index (χ0) is 14.5. The van der Waals surface area contributed by atoms with Crippen LogP contribution >= 0.6 is 31.9 Å². The molecule has 0 aliphatic carbocycles. The minimum atomic E-state index is 0.673. The number of rotatable bonds is 5. The van der Waals surface area contributed by atoms with Gasteiger partial charge >= 0.3 is 0 Å². The lowest BCUT2D eigenvalue weighted by Gasteiger charge is -2.14. The number of benzene rings is 2. The van der Waals surface area contributed by atoms with E-state index in [2.05, 4.69) is 62.3 Å². The van der Waals surface area contributed by atoms with E-state index in [0.717, 1.165) is 32.5 Å². The van der Waals surface area contributed by atoms with Crippen LogP contribution in [0.4, 0.5) is 5.69 Å². The number of aryl methyl sites for hydroxylation is 1. The summed E-state index contributed by atoms with van der Waals surface area (Å²) in [5.41, 5.74) is 3.49. The fourth-order valence-electron chi connectivity index (χ4n) is 2.00. The van der Waals surface area contributed by atoms with E-state index in [0.29, 0.717) is 6.61 Å². The fraction of sp³-hybridized carbons (Fsp3) is 0.250. The fourth-order valence-corrected chi connectivity index (χ4v) is 2.88. The third-order valence-electron chi connectivity index (χ3n) is 2.98. The molecule has 0 spiro atoms. The molecule has 2 rings (SSSR count). The molecule has 0 aliphatic rings. The molecule has 0 amide bonds. The van der Waals surface area contributed by atoms with Crippen molar-refractivity contribution in [2.24, 2.45) is 0 Å². The Hall–Kier alpha value is -1.00. The van der Waals surface area contributed by atoms with Gasteiger partial charge < -0.3 is 10.1 Å². The molecule has 20 heavy (non-hydrogen) atoms. The van der Waals surface area contributed by atoms with Gasteiger partial charge in [0.15, 0.2) is 0 Å². The Morgan fingerprint density at radius 2 is 1.75 bits per heavy atom. The van der Waals surface area contributed by atoms with Crippen LogP contribution in [0.2, 0.25) is 0 Å². The van der Waals surface area contributed by atoms with Gasteiger partial charge in [0.05, 0.1) is 6.61 Å². The minimum absolute atomic E-state index is 0.673. The van der Waals surface area contributed by atoms with Crippen molar-refractivity contribution >= 4 is 37.5 Å². The second-order valence-electron chi connectivity index (χ2n) is 4.50. The lowest BCUT2D eigenvalue weighted by Crippen LogP contribution is -2.04. The molecule has 0 fully saturated rings. The van der Waals surface area contributed by atoms with Crippen molar-refractivity contribution in [3.63, 3.8) is 0 Å². The molecule has 0 unspecified atom stereocenters. The molecule has 0 aliphatic heterocycles. The summed E-state index contributed by atoms with van der Waals surface area (Å²) in [6, 6.07) is 12.3. The van der Waals surface area contributed by atoms with Gasteiger partial charge in [0, 0.05) is 26.7 Å². The number of anilines is 1. The number of hydrogen-bond acceptors (Lipinski definition) is 2. The third kappa shape index (κ3) is 4.00. The van der Waals surface area contributed by atoms with E-state index in [9.17, 15) is 0 Å². The molecular formula is C16H17Br2NO. The molecular weight excluding hydrogens is 382 g/mol. The van der Waals surface area contributed by atoms with Crippen molar-refractivity contribution in [2.45, 2.75) is 20.4 Å². The van der Waals surface area contributed by atoms with E-state index >= 15 is 0 Å². The predicted molar refractivity (Wildman–Crippen MR) is 91.5 cm³/mol. The number of halogens is 2. The first-order valence-corrected chi connectivity index (χ1v) is 8.10. The molecule has 0 heterocycles. The van der Waals surface area contributed by atoms with Crippen molar-refractivity contribution in [1.82, 2.24) is 0 Å². The Labute approximate surface area is 136 Å². The zero-order valence-electron chi connectivity index (χ0n) is 11.5. The second kappa shape index (κ2) is 7.14. The van der Waals surface area contributed by atoms with Crippen molar-refractivity contribution < 1.29 is 4.74 Å². The summed E-state index contributed by atoms with van der Waals surface area (Å²) in [4.78, 5) is 0. The summed E-state index contributed by atoms with van der Waals surface area (Å²) in [6.45, 7) is 5.50. The van der Waals surface area contributed by atoms with Gasteiger partial charge in [0.1, 0.15) is 5.75 Å². The Balaban J connectivity index is 2.15. The summed E-state index contributed by atoms with van der Waals surface area (Å²) in [7, 11) is 0. The minimum Gasteiger partial charge on any atom is -0.494 e. The Morgan fingerprint density at radius 1 is 1.05 bits per heavy atom. The molecule has 0 radical (unpaired) electrons. The predicted octanol–water partition coefficient (Wildman–Crippen LogP) is 5.53. The van der Waals surface area contributed by atoms with Gasteiger partial charge in [-0.15, -0.1) is 0 Å². The normalized spacial score (nSPS) is 10.4. The molecule has 2 nitrogen and oxygen atoms in total. The lowest BCUT2D eigenvalue weighted by atomic mass is 10.1. The van der Waals surface area contributed by atoms with Crippen LogP contribution in [-0.4, -0.2) is 6.61 Å². The maximum atomic E-state index is 5.66. The standard InChI is InChI=1S/C16H17Br2NO/c1-3-20-16-7-5-14(18)9-12(16)10-19-15-6-4-13(17)8-11(15)2/h4-9,19H,3,10H2,1-2H3. The lowest BCUT2D eigenvalue weighted by molar-refractivity contribution is 0.337. The molecule has 0 atom stereocenters. The molecule has 4 heteroatoms. The Bertz CT molecular complexity index is 599. The summed E-state index contributed by atoms with van der Waals surface area (Å²) >= 11 is 6.99. The van der Waals surface area contributed by atoms with Crippen LogP contribution in [0.1, 0.15) is 18.1 Å². The van der Waals surface area contributed by atoms with Crippen LogP contribution in [0.25, 0.3) is 0 Å². The van der Waals surface area contributed by atoms with Crippen LogP contribution < -0.4 is 10.1 Å². The van der Waals surface area contributed by atoms with E-state index in [1.165, 1.54) is 5.56 Å². The van der Waals surface area contributed by atoms with Gasteiger partial charge in [0.25, 0.3) is 0 Å². The van der Waals surface area contributed by atoms with E-state index in [-0.39, 0.29) is 0 Å². The molecule has 2 aromatic rings. The average Bonchev–Trinajstić information content (AvgIpc) is 2.41. The molecule has 0 saturated heterocycles. The first-order chi connectivity index (χ1) is 9.60. The van der Waals surface area contributed by atoms with Crippen LogP contribution in [0, 0.1) is 6.92 Å². The highest BCUT2D eigenvalue weighted by molar-refractivity contribution is 9.10.